The first-order valence-electron chi connectivity index (χ1n) is 2.46. The lowest BCUT2D eigenvalue weighted by Crippen LogP contribution is -2.21. The summed E-state index contributed by atoms with van der Waals surface area (Å²) in [5.41, 5.74) is 0. The Morgan fingerprint density at radius 2 is 1.88 bits per heavy atom. The van der Waals surface area contributed by atoms with E-state index < -0.39 is 18.0 Å². The Bertz CT molecular complexity index is 87.7. The van der Waals surface area contributed by atoms with E-state index in [0.29, 0.717) is 0 Å². The molecule has 0 rings (SSSR count). The zero-order valence-electron chi connectivity index (χ0n) is 4.96. The molecule has 0 heterocycles. The van der Waals surface area contributed by atoms with Crippen LogP contribution < -0.4 is 0 Å². The number of hydrogen-bond donors (Lipinski definition) is 2. The highest BCUT2D eigenvalue weighted by atomic mass is 16.4. The van der Waals surface area contributed by atoms with Crippen LogP contribution in [0.15, 0.2) is 0 Å². The quantitative estimate of drug-likeness (QED) is 0.540. The molecule has 0 saturated carbocycles. The molecule has 0 saturated heterocycles. The monoisotopic (exact) mass is 118 g/mol. The van der Waals surface area contributed by atoms with Gasteiger partial charge in [-0.1, -0.05) is 0 Å². The van der Waals surface area contributed by atoms with Gasteiger partial charge in [0.2, 0.25) is 0 Å². The average Bonchev–Trinajstić information content (AvgIpc) is 1.64. The fourth-order valence-electron chi connectivity index (χ4n) is 0.206. The Hall–Kier alpha value is -0.570. The Morgan fingerprint density at radius 1 is 1.50 bits per heavy atom. The maximum absolute atomic E-state index is 9.98. The van der Waals surface area contributed by atoms with Crippen LogP contribution in [0.3, 0.4) is 0 Å². The molecule has 0 amide bonds. The second-order valence-corrected chi connectivity index (χ2v) is 1.87. The Kier molecular flexibility index (Phi) is 2.48. The highest BCUT2D eigenvalue weighted by Crippen LogP contribution is 1.99. The van der Waals surface area contributed by atoms with E-state index in [1.807, 2.05) is 0 Å². The summed E-state index contributed by atoms with van der Waals surface area (Å²) < 4.78 is 0. The first-order chi connectivity index (χ1) is 3.55. The first-order valence-corrected chi connectivity index (χ1v) is 2.46. The number of carboxylic acids is 1. The van der Waals surface area contributed by atoms with E-state index in [0.717, 1.165) is 0 Å². The van der Waals surface area contributed by atoms with E-state index in [1.165, 1.54) is 13.8 Å². The minimum atomic E-state index is -0.958. The lowest BCUT2D eigenvalue weighted by molar-refractivity contribution is -0.144. The van der Waals surface area contributed by atoms with Gasteiger partial charge in [-0.2, -0.15) is 0 Å². The molecule has 0 aliphatic rings. The van der Waals surface area contributed by atoms with Gasteiger partial charge in [0, 0.05) is 0 Å². The number of hydrogen-bond acceptors (Lipinski definition) is 2. The number of rotatable bonds is 2. The van der Waals surface area contributed by atoms with Crippen LogP contribution >= 0.6 is 0 Å². The van der Waals surface area contributed by atoms with Crippen molar-refractivity contribution in [3.63, 3.8) is 0 Å². The summed E-state index contributed by atoms with van der Waals surface area (Å²) in [5.74, 6) is -1.62. The summed E-state index contributed by atoms with van der Waals surface area (Å²) in [6, 6.07) is 0. The van der Waals surface area contributed by atoms with E-state index in [9.17, 15) is 4.79 Å². The molecule has 0 radical (unpaired) electrons. The van der Waals surface area contributed by atoms with Crippen molar-refractivity contribution in [1.82, 2.24) is 0 Å². The topological polar surface area (TPSA) is 57.5 Å². The summed E-state index contributed by atoms with van der Waals surface area (Å²) in [7, 11) is 0. The van der Waals surface area contributed by atoms with Gasteiger partial charge in [0.25, 0.3) is 0 Å². The van der Waals surface area contributed by atoms with E-state index in [-0.39, 0.29) is 0 Å². The van der Waals surface area contributed by atoms with E-state index in [1.54, 1.807) is 0 Å². The predicted octanol–water partition coefficient (Wildman–Crippen LogP) is 0.0879. The largest absolute Gasteiger partial charge is 0.481 e. The van der Waals surface area contributed by atoms with Gasteiger partial charge in [-0.15, -0.1) is 0 Å². The van der Waals surface area contributed by atoms with Crippen LogP contribution in [-0.4, -0.2) is 22.3 Å². The van der Waals surface area contributed by atoms with Crippen LogP contribution in [0.4, 0.5) is 0 Å². The summed E-state index contributed by atoms with van der Waals surface area (Å²) in [6.07, 6.45) is -0.757. The van der Waals surface area contributed by atoms with Crippen molar-refractivity contribution < 1.29 is 15.0 Å². The summed E-state index contributed by atoms with van der Waals surface area (Å²) in [4.78, 5) is 9.98. The number of aliphatic carboxylic acids is 1. The zero-order valence-corrected chi connectivity index (χ0v) is 4.96. The molecule has 0 aliphatic heterocycles. The molecule has 0 fully saturated rings. The third kappa shape index (κ3) is 1.93. The normalized spacial score (nSPS) is 17.4. The van der Waals surface area contributed by atoms with Crippen LogP contribution in [-0.2, 0) is 4.79 Å². The van der Waals surface area contributed by atoms with Gasteiger partial charge in [0.05, 0.1) is 12.0 Å². The number of aliphatic hydroxyl groups is 1. The Balaban J connectivity index is 3.64. The second-order valence-electron chi connectivity index (χ2n) is 1.87. The van der Waals surface area contributed by atoms with Gasteiger partial charge in [-0.05, 0) is 13.8 Å². The molecule has 0 spiro atoms. The van der Waals surface area contributed by atoms with Gasteiger partial charge >= 0.3 is 5.97 Å². The molecule has 0 aromatic heterocycles. The maximum atomic E-state index is 9.98. The lowest BCUT2D eigenvalue weighted by Gasteiger charge is -2.06. The molecule has 48 valence electrons. The highest BCUT2D eigenvalue weighted by Gasteiger charge is 2.15. The van der Waals surface area contributed by atoms with Gasteiger partial charge in [-0.25, -0.2) is 0 Å². The van der Waals surface area contributed by atoms with E-state index >= 15 is 0 Å². The lowest BCUT2D eigenvalue weighted by atomic mass is 10.1. The van der Waals surface area contributed by atoms with Crippen molar-refractivity contribution in [2.45, 2.75) is 20.0 Å². The van der Waals surface area contributed by atoms with Gasteiger partial charge in [-0.3, -0.25) is 4.79 Å². The van der Waals surface area contributed by atoms with Gasteiger partial charge < -0.3 is 10.2 Å². The summed E-state index contributed by atoms with van der Waals surface area (Å²) >= 11 is 0. The second kappa shape index (κ2) is 2.67. The van der Waals surface area contributed by atoms with Crippen LogP contribution in [0, 0.1) is 5.92 Å². The van der Waals surface area contributed by atoms with Gasteiger partial charge in [0.15, 0.2) is 0 Å². The molecule has 2 N–H and O–H groups in total. The average molecular weight is 118 g/mol. The van der Waals surface area contributed by atoms with Crippen molar-refractivity contribution >= 4 is 5.97 Å². The standard InChI is InChI=1S/C5H10O3/c1-3(4(2)6)5(7)8/h3-4,6H,1-2H3,(H,7,8)/t3-,4+/m1/s1. The number of aliphatic hydroxyl groups excluding tert-OH is 1. The molecule has 8 heavy (non-hydrogen) atoms. The minimum Gasteiger partial charge on any atom is -0.481 e. The van der Waals surface area contributed by atoms with Crippen molar-refractivity contribution in [3.8, 4) is 0 Å². The number of carboxylic acid groups (broad SMARTS) is 1. The van der Waals surface area contributed by atoms with Crippen molar-refractivity contribution in [1.29, 1.82) is 0 Å². The summed E-state index contributed by atoms with van der Waals surface area (Å²) in [5, 5.41) is 16.8. The maximum Gasteiger partial charge on any atom is 0.308 e. The number of carbonyl (C=O) groups is 1. The fourth-order valence-corrected chi connectivity index (χ4v) is 0.206. The SMILES string of the molecule is C[C@H](O)[C@@H](C)C(=O)O. The first kappa shape index (κ1) is 7.43. The van der Waals surface area contributed by atoms with Crippen LogP contribution in [0.25, 0.3) is 0 Å². The van der Waals surface area contributed by atoms with Crippen LogP contribution in [0.1, 0.15) is 13.8 Å². The highest BCUT2D eigenvalue weighted by molar-refractivity contribution is 5.70. The molecule has 0 aromatic rings. The molecule has 0 unspecified atom stereocenters. The summed E-state index contributed by atoms with van der Waals surface area (Å²) in [6.45, 7) is 2.92. The molecule has 0 aromatic carbocycles. The van der Waals surface area contributed by atoms with Crippen LogP contribution in [0.5, 0.6) is 0 Å². The molecule has 0 aliphatic carbocycles. The van der Waals surface area contributed by atoms with Crippen LogP contribution in [0.2, 0.25) is 0 Å². The molecule has 0 bridgehead atoms. The predicted molar refractivity (Wildman–Crippen MR) is 28.5 cm³/mol. The third-order valence-corrected chi connectivity index (χ3v) is 1.11. The molecule has 2 atom stereocenters. The molecular weight excluding hydrogens is 108 g/mol. The molecule has 3 heteroatoms. The van der Waals surface area contributed by atoms with Gasteiger partial charge in [0.1, 0.15) is 0 Å². The Morgan fingerprint density at radius 3 is 1.88 bits per heavy atom. The van der Waals surface area contributed by atoms with Crippen molar-refractivity contribution in [2.24, 2.45) is 5.92 Å². The smallest absolute Gasteiger partial charge is 0.308 e. The zero-order chi connectivity index (χ0) is 6.73. The fraction of sp³-hybridized carbons (Fsp3) is 0.800. The van der Waals surface area contributed by atoms with E-state index in [4.69, 9.17) is 10.2 Å². The van der Waals surface area contributed by atoms with Crippen molar-refractivity contribution in [2.75, 3.05) is 0 Å². The Labute approximate surface area is 47.9 Å². The minimum absolute atomic E-state index is 0.657. The third-order valence-electron chi connectivity index (χ3n) is 1.11. The molecular formula is C5H10O3. The molecule has 3 nitrogen and oxygen atoms in total. The van der Waals surface area contributed by atoms with Crippen molar-refractivity contribution in [3.05, 3.63) is 0 Å². The van der Waals surface area contributed by atoms with E-state index in [2.05, 4.69) is 0 Å².